The summed E-state index contributed by atoms with van der Waals surface area (Å²) in [6.07, 6.45) is 1.53. The molecule has 2 amide bonds. The van der Waals surface area contributed by atoms with E-state index in [1.54, 1.807) is 13.0 Å². The van der Waals surface area contributed by atoms with Crippen molar-refractivity contribution in [1.82, 2.24) is 10.2 Å². The van der Waals surface area contributed by atoms with Crippen LogP contribution in [-0.4, -0.2) is 40.8 Å². The lowest BCUT2D eigenvalue weighted by Crippen LogP contribution is -2.50. The fourth-order valence-corrected chi connectivity index (χ4v) is 2.18. The Morgan fingerprint density at radius 2 is 1.88 bits per heavy atom. The Labute approximate surface area is 148 Å². The van der Waals surface area contributed by atoms with E-state index in [9.17, 15) is 14.7 Å². The second kappa shape index (κ2) is 10.2. The van der Waals surface area contributed by atoms with Crippen molar-refractivity contribution in [3.05, 3.63) is 61.2 Å². The summed E-state index contributed by atoms with van der Waals surface area (Å²) in [5, 5.41) is 12.1. The van der Waals surface area contributed by atoms with Gasteiger partial charge in [0.2, 0.25) is 0 Å². The van der Waals surface area contributed by atoms with Crippen LogP contribution in [0.15, 0.2) is 55.6 Å². The van der Waals surface area contributed by atoms with Crippen LogP contribution in [0.3, 0.4) is 0 Å². The van der Waals surface area contributed by atoms with E-state index in [-0.39, 0.29) is 25.1 Å². The van der Waals surface area contributed by atoms with Crippen molar-refractivity contribution >= 4 is 12.2 Å². The lowest BCUT2D eigenvalue weighted by atomic mass is 10.0. The van der Waals surface area contributed by atoms with E-state index in [1.165, 1.54) is 11.0 Å². The number of alkyl carbamates (subject to hydrolysis) is 1. The molecule has 0 saturated heterocycles. The Bertz CT molecular complexity index is 588. The van der Waals surface area contributed by atoms with Gasteiger partial charge in [-0.05, 0) is 18.4 Å². The maximum absolute atomic E-state index is 12.1. The summed E-state index contributed by atoms with van der Waals surface area (Å²) >= 11 is 0. The van der Waals surface area contributed by atoms with Crippen molar-refractivity contribution in [1.29, 1.82) is 0 Å². The first-order chi connectivity index (χ1) is 11.9. The van der Waals surface area contributed by atoms with Crippen LogP contribution >= 0.6 is 0 Å². The summed E-state index contributed by atoms with van der Waals surface area (Å²) in [4.78, 5) is 24.8. The van der Waals surface area contributed by atoms with Crippen molar-refractivity contribution in [3.8, 4) is 0 Å². The molecule has 0 unspecified atom stereocenters. The summed E-state index contributed by atoms with van der Waals surface area (Å²) in [7, 11) is 0. The molecule has 1 aromatic carbocycles. The van der Waals surface area contributed by atoms with Gasteiger partial charge in [-0.25, -0.2) is 9.59 Å². The van der Waals surface area contributed by atoms with Crippen LogP contribution in [0.25, 0.3) is 0 Å². The van der Waals surface area contributed by atoms with Gasteiger partial charge in [-0.2, -0.15) is 0 Å². The number of carboxylic acid groups (broad SMARTS) is 1. The summed E-state index contributed by atoms with van der Waals surface area (Å²) in [6.45, 7) is 11.2. The molecule has 2 N–H and O–H groups in total. The molecule has 0 aliphatic rings. The lowest BCUT2D eigenvalue weighted by molar-refractivity contribution is 0.114. The molecule has 0 fully saturated rings. The van der Waals surface area contributed by atoms with Gasteiger partial charge in [0.15, 0.2) is 0 Å². The Morgan fingerprint density at radius 3 is 2.40 bits per heavy atom. The summed E-state index contributed by atoms with van der Waals surface area (Å²) in [5.41, 5.74) is 0.874. The largest absolute Gasteiger partial charge is 0.465 e. The quantitative estimate of drug-likeness (QED) is 0.669. The second-order valence-corrected chi connectivity index (χ2v) is 5.82. The van der Waals surface area contributed by atoms with E-state index in [2.05, 4.69) is 18.5 Å². The highest BCUT2D eigenvalue weighted by molar-refractivity contribution is 5.68. The second-order valence-electron chi connectivity index (χ2n) is 5.82. The number of ether oxygens (including phenoxy) is 1. The van der Waals surface area contributed by atoms with E-state index >= 15 is 0 Å². The van der Waals surface area contributed by atoms with Crippen LogP contribution in [0.4, 0.5) is 9.59 Å². The highest BCUT2D eigenvalue weighted by Crippen LogP contribution is 2.11. The highest BCUT2D eigenvalue weighted by Gasteiger charge is 2.26. The minimum atomic E-state index is -1.08. The number of carbonyl (C=O) groups excluding carboxylic acids is 1. The molecule has 6 heteroatoms. The van der Waals surface area contributed by atoms with Crippen LogP contribution < -0.4 is 5.32 Å². The first-order valence-corrected chi connectivity index (χ1v) is 8.11. The van der Waals surface area contributed by atoms with Crippen molar-refractivity contribution in [2.75, 3.05) is 6.54 Å². The molecule has 1 rings (SSSR count). The smallest absolute Gasteiger partial charge is 0.407 e. The van der Waals surface area contributed by atoms with Gasteiger partial charge >= 0.3 is 12.2 Å². The standard InChI is InChI=1S/C19H26N2O4/c1-5-14(3)17(12-21(19(23)24)15(4)6-2)20-18(22)25-13-16-10-8-7-9-11-16/h5-11,14-15,17H,1-2,12-13H2,3-4H3,(H,20,22)(H,23,24)/t14-,15+,17-/m1/s1. The third-order valence-corrected chi connectivity index (χ3v) is 3.99. The van der Waals surface area contributed by atoms with Gasteiger partial charge in [0, 0.05) is 6.54 Å². The Hall–Kier alpha value is -2.76. The molecule has 25 heavy (non-hydrogen) atoms. The van der Waals surface area contributed by atoms with Crippen LogP contribution in [0.1, 0.15) is 19.4 Å². The first-order valence-electron chi connectivity index (χ1n) is 8.11. The fourth-order valence-electron chi connectivity index (χ4n) is 2.18. The SMILES string of the molecule is C=C[C@@H](C)[C@@H](CN(C(=O)O)[C@@H](C)C=C)NC(=O)OCc1ccccc1. The first kappa shape index (κ1) is 20.3. The summed E-state index contributed by atoms with van der Waals surface area (Å²) in [5.74, 6) is -0.136. The zero-order chi connectivity index (χ0) is 18.8. The minimum Gasteiger partial charge on any atom is -0.465 e. The molecule has 0 spiro atoms. The van der Waals surface area contributed by atoms with E-state index in [4.69, 9.17) is 4.74 Å². The van der Waals surface area contributed by atoms with Crippen LogP contribution in [-0.2, 0) is 11.3 Å². The van der Waals surface area contributed by atoms with Crippen LogP contribution in [0.2, 0.25) is 0 Å². The average Bonchev–Trinajstić information content (AvgIpc) is 2.62. The van der Waals surface area contributed by atoms with Crippen molar-refractivity contribution < 1.29 is 19.4 Å². The molecule has 0 aromatic heterocycles. The van der Waals surface area contributed by atoms with Gasteiger partial charge in [-0.3, -0.25) is 0 Å². The number of benzene rings is 1. The molecule has 0 saturated carbocycles. The average molecular weight is 346 g/mol. The van der Waals surface area contributed by atoms with Crippen molar-refractivity contribution in [3.63, 3.8) is 0 Å². The molecule has 6 nitrogen and oxygen atoms in total. The number of amides is 2. The van der Waals surface area contributed by atoms with Gasteiger partial charge in [-0.15, -0.1) is 13.2 Å². The molecule has 0 aliphatic heterocycles. The number of hydrogen-bond donors (Lipinski definition) is 2. The van der Waals surface area contributed by atoms with E-state index in [1.807, 2.05) is 37.3 Å². The fraction of sp³-hybridized carbons (Fsp3) is 0.368. The molecule has 1 aromatic rings. The molecule has 0 aliphatic carbocycles. The van der Waals surface area contributed by atoms with E-state index in [0.29, 0.717) is 0 Å². The molecule has 0 heterocycles. The number of rotatable bonds is 9. The third kappa shape index (κ3) is 6.71. The van der Waals surface area contributed by atoms with Gasteiger partial charge in [0.1, 0.15) is 6.61 Å². The third-order valence-electron chi connectivity index (χ3n) is 3.99. The molecular weight excluding hydrogens is 320 g/mol. The number of carbonyl (C=O) groups is 2. The van der Waals surface area contributed by atoms with Crippen molar-refractivity contribution in [2.45, 2.75) is 32.5 Å². The zero-order valence-electron chi connectivity index (χ0n) is 14.7. The van der Waals surface area contributed by atoms with Gasteiger partial charge < -0.3 is 20.1 Å². The summed E-state index contributed by atoms with van der Waals surface area (Å²) in [6, 6.07) is 8.48. The molecular formula is C19H26N2O4. The monoisotopic (exact) mass is 346 g/mol. The Morgan fingerprint density at radius 1 is 1.24 bits per heavy atom. The Balaban J connectivity index is 2.71. The number of hydrogen-bond acceptors (Lipinski definition) is 3. The minimum absolute atomic E-state index is 0.107. The molecule has 3 atom stereocenters. The zero-order valence-corrected chi connectivity index (χ0v) is 14.7. The number of nitrogens with one attached hydrogen (secondary N) is 1. The maximum Gasteiger partial charge on any atom is 0.407 e. The maximum atomic E-state index is 12.1. The van der Waals surface area contributed by atoms with Crippen LogP contribution in [0.5, 0.6) is 0 Å². The van der Waals surface area contributed by atoms with Gasteiger partial charge in [0.05, 0.1) is 12.1 Å². The highest BCUT2D eigenvalue weighted by atomic mass is 16.5. The molecule has 0 radical (unpaired) electrons. The van der Waals surface area contributed by atoms with Crippen molar-refractivity contribution in [2.24, 2.45) is 5.92 Å². The Kier molecular flexibility index (Phi) is 8.26. The van der Waals surface area contributed by atoms with Gasteiger partial charge in [0.25, 0.3) is 0 Å². The summed E-state index contributed by atoms with van der Waals surface area (Å²) < 4.78 is 5.21. The van der Waals surface area contributed by atoms with E-state index in [0.717, 1.165) is 5.56 Å². The molecule has 0 bridgehead atoms. The molecule has 136 valence electrons. The topological polar surface area (TPSA) is 78.9 Å². The normalized spacial score (nSPS) is 13.8. The predicted molar refractivity (Wildman–Crippen MR) is 97.3 cm³/mol. The predicted octanol–water partition coefficient (Wildman–Crippen LogP) is 3.66. The number of nitrogens with zero attached hydrogens (tertiary/aromatic N) is 1. The van der Waals surface area contributed by atoms with Crippen LogP contribution in [0, 0.1) is 5.92 Å². The van der Waals surface area contributed by atoms with E-state index < -0.39 is 18.2 Å². The van der Waals surface area contributed by atoms with Gasteiger partial charge in [-0.1, -0.05) is 49.4 Å². The lowest BCUT2D eigenvalue weighted by Gasteiger charge is -2.31.